The Labute approximate surface area is 50.6 Å². The van der Waals surface area contributed by atoms with Gasteiger partial charge in [-0.3, -0.25) is 0 Å². The lowest BCUT2D eigenvalue weighted by Crippen LogP contribution is -1.91. The van der Waals surface area contributed by atoms with Crippen LogP contribution in [0.2, 0.25) is 0 Å². The molecule has 44 valence electrons. The van der Waals surface area contributed by atoms with Crippen molar-refractivity contribution in [2.75, 3.05) is 0 Å². The summed E-state index contributed by atoms with van der Waals surface area (Å²) in [5.41, 5.74) is 0. The molecular formula is C8H12. The fraction of sp³-hybridized carbons (Fsp3) is 0.750. The molecule has 0 aromatic heterocycles. The van der Waals surface area contributed by atoms with E-state index in [0.29, 0.717) is 0 Å². The number of fused-ring (bicyclic) bond motifs is 1. The summed E-state index contributed by atoms with van der Waals surface area (Å²) < 4.78 is 0. The van der Waals surface area contributed by atoms with E-state index in [1.165, 1.54) is 0 Å². The summed E-state index contributed by atoms with van der Waals surface area (Å²) in [4.78, 5) is 0. The van der Waals surface area contributed by atoms with Gasteiger partial charge in [-0.1, -0.05) is 19.1 Å². The molecule has 0 bridgehead atoms. The summed E-state index contributed by atoms with van der Waals surface area (Å²) in [6, 6.07) is 0. The third-order valence-corrected chi connectivity index (χ3v) is 2.68. The Bertz CT molecular complexity index is 125. The second-order valence-corrected chi connectivity index (χ2v) is 3.12. The highest BCUT2D eigenvalue weighted by atomic mass is 14.7. The normalized spacial score (nSPS) is 58.8. The van der Waals surface area contributed by atoms with Crippen molar-refractivity contribution >= 4 is 0 Å². The van der Waals surface area contributed by atoms with Gasteiger partial charge in [0.25, 0.3) is 0 Å². The van der Waals surface area contributed by atoms with Gasteiger partial charge in [0.05, 0.1) is 0 Å². The Morgan fingerprint density at radius 2 is 1.88 bits per heavy atom. The Morgan fingerprint density at radius 3 is 2.25 bits per heavy atom. The monoisotopic (exact) mass is 108 g/mol. The molecular weight excluding hydrogens is 96.1 g/mol. The van der Waals surface area contributed by atoms with Crippen molar-refractivity contribution in [1.82, 2.24) is 0 Å². The molecule has 2 saturated carbocycles. The van der Waals surface area contributed by atoms with Crippen molar-refractivity contribution in [3.8, 4) is 0 Å². The maximum absolute atomic E-state index is 2.36. The van der Waals surface area contributed by atoms with E-state index >= 15 is 0 Å². The number of hydrogen-bond donors (Lipinski definition) is 0. The minimum Gasteiger partial charge on any atom is -0.0914 e. The fourth-order valence-corrected chi connectivity index (χ4v) is 1.95. The van der Waals surface area contributed by atoms with Crippen molar-refractivity contribution in [3.63, 3.8) is 0 Å². The average molecular weight is 108 g/mol. The van der Waals surface area contributed by atoms with Gasteiger partial charge in [0.15, 0.2) is 0 Å². The van der Waals surface area contributed by atoms with Crippen LogP contribution in [-0.2, 0) is 0 Å². The molecule has 0 heterocycles. The van der Waals surface area contributed by atoms with Gasteiger partial charge < -0.3 is 0 Å². The highest BCUT2D eigenvalue weighted by molar-refractivity contribution is 5.23. The van der Waals surface area contributed by atoms with Crippen LogP contribution in [0, 0.1) is 23.7 Å². The van der Waals surface area contributed by atoms with E-state index in [1.807, 2.05) is 0 Å². The van der Waals surface area contributed by atoms with Crippen molar-refractivity contribution in [2.24, 2.45) is 23.7 Å². The second-order valence-electron chi connectivity index (χ2n) is 3.12. The summed E-state index contributed by atoms with van der Waals surface area (Å²) in [7, 11) is 0. The molecule has 0 nitrogen and oxygen atoms in total. The van der Waals surface area contributed by atoms with Crippen LogP contribution in [0.1, 0.15) is 13.8 Å². The first-order valence-corrected chi connectivity index (χ1v) is 3.49. The van der Waals surface area contributed by atoms with E-state index in [2.05, 4.69) is 26.0 Å². The zero-order chi connectivity index (χ0) is 5.72. The van der Waals surface area contributed by atoms with Gasteiger partial charge in [0.1, 0.15) is 0 Å². The topological polar surface area (TPSA) is 0 Å². The van der Waals surface area contributed by atoms with Crippen LogP contribution >= 0.6 is 0 Å². The van der Waals surface area contributed by atoms with Gasteiger partial charge in [-0.05, 0) is 30.6 Å². The number of allylic oxidation sites excluding steroid dienone is 2. The first-order chi connectivity index (χ1) is 3.86. The van der Waals surface area contributed by atoms with Crippen molar-refractivity contribution in [1.29, 1.82) is 0 Å². The van der Waals surface area contributed by atoms with E-state index in [4.69, 9.17) is 0 Å². The molecule has 2 aliphatic rings. The largest absolute Gasteiger partial charge is 0.0914 e. The second kappa shape index (κ2) is 1.18. The maximum Gasteiger partial charge on any atom is -0.0166 e. The molecule has 0 saturated heterocycles. The van der Waals surface area contributed by atoms with Crippen molar-refractivity contribution in [2.45, 2.75) is 13.8 Å². The van der Waals surface area contributed by atoms with Crippen LogP contribution in [0.3, 0.4) is 0 Å². The van der Waals surface area contributed by atoms with Gasteiger partial charge >= 0.3 is 0 Å². The SMILES string of the molecule is CC=CC1C2C(C)C12. The van der Waals surface area contributed by atoms with E-state index in [1.54, 1.807) is 0 Å². The van der Waals surface area contributed by atoms with Gasteiger partial charge in [0.2, 0.25) is 0 Å². The van der Waals surface area contributed by atoms with Crippen LogP contribution in [0.4, 0.5) is 0 Å². The number of hydrogen-bond acceptors (Lipinski definition) is 0. The van der Waals surface area contributed by atoms with Crippen LogP contribution in [0.5, 0.6) is 0 Å². The van der Waals surface area contributed by atoms with Gasteiger partial charge in [-0.2, -0.15) is 0 Å². The smallest absolute Gasteiger partial charge is 0.0166 e. The highest BCUT2D eigenvalue weighted by Gasteiger charge is 2.69. The summed E-state index contributed by atoms with van der Waals surface area (Å²) in [6.07, 6.45) is 4.54. The summed E-state index contributed by atoms with van der Waals surface area (Å²) in [6.45, 7) is 4.47. The van der Waals surface area contributed by atoms with Crippen molar-refractivity contribution < 1.29 is 0 Å². The Morgan fingerprint density at radius 1 is 1.25 bits per heavy atom. The predicted molar refractivity (Wildman–Crippen MR) is 34.4 cm³/mol. The van der Waals surface area contributed by atoms with Crippen LogP contribution in [0.15, 0.2) is 12.2 Å². The maximum atomic E-state index is 2.36. The average Bonchev–Trinajstić information content (AvgIpc) is 2.57. The van der Waals surface area contributed by atoms with E-state index in [-0.39, 0.29) is 0 Å². The summed E-state index contributed by atoms with van der Waals surface area (Å²) in [5.74, 6) is 4.32. The van der Waals surface area contributed by atoms with E-state index < -0.39 is 0 Å². The zero-order valence-corrected chi connectivity index (χ0v) is 5.46. The van der Waals surface area contributed by atoms with Crippen LogP contribution in [-0.4, -0.2) is 0 Å². The fourth-order valence-electron chi connectivity index (χ4n) is 1.95. The lowest BCUT2D eigenvalue weighted by Gasteiger charge is -1.97. The zero-order valence-electron chi connectivity index (χ0n) is 5.46. The van der Waals surface area contributed by atoms with Gasteiger partial charge in [-0.15, -0.1) is 0 Å². The molecule has 0 heteroatoms. The minimum absolute atomic E-state index is 1.01. The van der Waals surface area contributed by atoms with Gasteiger partial charge in [-0.25, -0.2) is 0 Å². The van der Waals surface area contributed by atoms with E-state index in [9.17, 15) is 0 Å². The Kier molecular flexibility index (Phi) is 0.677. The molecule has 0 aromatic rings. The predicted octanol–water partition coefficient (Wildman–Crippen LogP) is 2.07. The van der Waals surface area contributed by atoms with Crippen molar-refractivity contribution in [3.05, 3.63) is 12.2 Å². The third-order valence-electron chi connectivity index (χ3n) is 2.68. The number of rotatable bonds is 1. The van der Waals surface area contributed by atoms with Crippen LogP contribution < -0.4 is 0 Å². The molecule has 0 spiro atoms. The molecule has 2 fully saturated rings. The lowest BCUT2D eigenvalue weighted by molar-refractivity contribution is 0.583. The Balaban J connectivity index is 1.88. The molecule has 2 aliphatic carbocycles. The highest BCUT2D eigenvalue weighted by Crippen LogP contribution is 2.73. The lowest BCUT2D eigenvalue weighted by atomic mass is 10.1. The molecule has 8 heavy (non-hydrogen) atoms. The molecule has 0 N–H and O–H groups in total. The molecule has 0 amide bonds. The first-order valence-electron chi connectivity index (χ1n) is 3.49. The first kappa shape index (κ1) is 4.60. The Hall–Kier alpha value is -0.260. The quantitative estimate of drug-likeness (QED) is 0.451. The molecule has 2 rings (SSSR count). The third kappa shape index (κ3) is 0.367. The molecule has 0 aromatic carbocycles. The molecule has 2 unspecified atom stereocenters. The minimum atomic E-state index is 1.01. The van der Waals surface area contributed by atoms with Crippen LogP contribution in [0.25, 0.3) is 0 Å². The molecule has 2 atom stereocenters. The summed E-state index contributed by atoms with van der Waals surface area (Å²) >= 11 is 0. The van der Waals surface area contributed by atoms with Gasteiger partial charge in [0, 0.05) is 0 Å². The standard InChI is InChI=1S/C8H12/c1-3-4-6-7-5(2)8(6)7/h3-8H,1-2H3. The summed E-state index contributed by atoms with van der Waals surface area (Å²) in [5, 5.41) is 0. The molecule has 0 radical (unpaired) electrons. The molecule has 0 aliphatic heterocycles. The van der Waals surface area contributed by atoms with E-state index in [0.717, 1.165) is 23.7 Å².